The molecule has 2 amide bonds. The molecule has 0 saturated heterocycles. The summed E-state index contributed by atoms with van der Waals surface area (Å²) in [6.45, 7) is 0. The Morgan fingerprint density at radius 2 is 1.80 bits per heavy atom. The molecule has 15 heteroatoms. The van der Waals surface area contributed by atoms with E-state index in [1.54, 1.807) is 0 Å². The third-order valence-corrected chi connectivity index (χ3v) is 6.30. The summed E-state index contributed by atoms with van der Waals surface area (Å²) in [6, 6.07) is 9.04. The number of halogens is 3. The van der Waals surface area contributed by atoms with Gasteiger partial charge in [0.2, 0.25) is 5.95 Å². The molecule has 35 heavy (non-hydrogen) atoms. The van der Waals surface area contributed by atoms with Crippen LogP contribution in [-0.2, 0) is 9.84 Å². The number of hydrogen-bond acceptors (Lipinski definition) is 8. The maximum Gasteiger partial charge on any atom is 0.573 e. The number of nitrogens with zero attached hydrogens (tertiary/aromatic N) is 2. The normalized spacial score (nSPS) is 11.9. The molecule has 2 heterocycles. The summed E-state index contributed by atoms with van der Waals surface area (Å²) in [7, 11) is -3.43. The molecular formula is C20H14F3N5O5S2. The Hall–Kier alpha value is -3.98. The molecule has 0 aliphatic rings. The van der Waals surface area contributed by atoms with Crippen molar-refractivity contribution in [3.05, 3.63) is 59.1 Å². The highest BCUT2D eigenvalue weighted by Gasteiger charge is 2.33. The molecule has 0 unspecified atom stereocenters. The zero-order valence-corrected chi connectivity index (χ0v) is 19.1. The number of imidazole rings is 1. The molecule has 182 valence electrons. The van der Waals surface area contributed by atoms with Crippen molar-refractivity contribution in [3.8, 4) is 5.75 Å². The van der Waals surface area contributed by atoms with E-state index in [4.69, 9.17) is 0 Å². The van der Waals surface area contributed by atoms with E-state index in [-0.39, 0.29) is 27.2 Å². The van der Waals surface area contributed by atoms with Crippen LogP contribution in [0.25, 0.3) is 11.0 Å². The first-order chi connectivity index (χ1) is 16.4. The number of ether oxygens (including phenoxy) is 1. The molecule has 0 bridgehead atoms. The van der Waals surface area contributed by atoms with Crippen molar-refractivity contribution in [1.29, 1.82) is 0 Å². The average molecular weight is 525 g/mol. The number of sulfone groups is 1. The molecule has 0 radical (unpaired) electrons. The zero-order chi connectivity index (χ0) is 25.4. The molecule has 4 rings (SSSR count). The number of thiazole rings is 1. The van der Waals surface area contributed by atoms with E-state index >= 15 is 0 Å². The number of H-pyrrole nitrogens is 1. The maximum absolute atomic E-state index is 12.6. The van der Waals surface area contributed by atoms with Gasteiger partial charge in [0, 0.05) is 11.6 Å². The molecule has 0 fully saturated rings. The second-order valence-corrected chi connectivity index (χ2v) is 9.90. The van der Waals surface area contributed by atoms with Crippen molar-refractivity contribution >= 4 is 55.1 Å². The number of carbonyl (C=O) groups is 2. The highest BCUT2D eigenvalue weighted by Crippen LogP contribution is 2.27. The Bertz CT molecular complexity index is 1550. The van der Waals surface area contributed by atoms with Crippen molar-refractivity contribution < 1.29 is 35.9 Å². The Balaban J connectivity index is 1.46. The Kier molecular flexibility index (Phi) is 6.21. The van der Waals surface area contributed by atoms with E-state index in [0.717, 1.165) is 29.7 Å². The van der Waals surface area contributed by atoms with Gasteiger partial charge in [-0.1, -0.05) is 12.1 Å². The van der Waals surface area contributed by atoms with Crippen molar-refractivity contribution in [1.82, 2.24) is 15.0 Å². The topological polar surface area (TPSA) is 143 Å². The number of aromatic amines is 1. The van der Waals surface area contributed by atoms with Crippen molar-refractivity contribution in [2.75, 3.05) is 16.9 Å². The summed E-state index contributed by atoms with van der Waals surface area (Å²) in [4.78, 5) is 35.9. The SMILES string of the molecule is CS(=O)(=O)c1ccc2nc(NC(=O)c3csc(NC(=O)c4ccccc4OC(F)(F)F)n3)[nH]c2c1. The molecule has 0 aliphatic carbocycles. The van der Waals surface area contributed by atoms with Crippen LogP contribution in [0, 0.1) is 0 Å². The third-order valence-electron chi connectivity index (χ3n) is 4.43. The standard InChI is InChI=1S/C20H14F3N5O5S2/c1-35(31,32)10-6-7-12-13(8-10)25-18(24-12)27-17(30)14-9-34-19(26-14)28-16(29)11-4-2-3-5-15(11)33-20(21,22)23/h2-9H,1H3,(H,26,28,29)(H2,24,25,27,30). The van der Waals surface area contributed by atoms with Crippen LogP contribution >= 0.6 is 11.3 Å². The molecule has 0 atom stereocenters. The van der Waals surface area contributed by atoms with Gasteiger partial charge in [0.15, 0.2) is 15.0 Å². The lowest BCUT2D eigenvalue weighted by molar-refractivity contribution is -0.274. The van der Waals surface area contributed by atoms with Crippen LogP contribution < -0.4 is 15.4 Å². The zero-order valence-electron chi connectivity index (χ0n) is 17.5. The summed E-state index contributed by atoms with van der Waals surface area (Å²) >= 11 is 0.876. The molecule has 4 aromatic rings. The second-order valence-electron chi connectivity index (χ2n) is 7.03. The van der Waals surface area contributed by atoms with E-state index in [1.807, 2.05) is 0 Å². The first-order valence-corrected chi connectivity index (χ1v) is 12.3. The van der Waals surface area contributed by atoms with Crippen molar-refractivity contribution in [2.24, 2.45) is 0 Å². The van der Waals surface area contributed by atoms with Gasteiger partial charge in [0.25, 0.3) is 11.8 Å². The third kappa shape index (κ3) is 5.75. The predicted molar refractivity (Wildman–Crippen MR) is 120 cm³/mol. The highest BCUT2D eigenvalue weighted by molar-refractivity contribution is 7.90. The minimum atomic E-state index is -4.98. The largest absolute Gasteiger partial charge is 0.573 e. The number of nitrogens with one attached hydrogen (secondary N) is 3. The maximum atomic E-state index is 12.6. The van der Waals surface area contributed by atoms with Gasteiger partial charge in [-0.15, -0.1) is 24.5 Å². The molecule has 0 aliphatic heterocycles. The molecule has 2 aromatic heterocycles. The fourth-order valence-electron chi connectivity index (χ4n) is 2.92. The van der Waals surface area contributed by atoms with E-state index in [9.17, 15) is 31.2 Å². The van der Waals surface area contributed by atoms with Gasteiger partial charge in [0.05, 0.1) is 21.5 Å². The number of benzene rings is 2. The van der Waals surface area contributed by atoms with Crippen LogP contribution in [-0.4, -0.2) is 47.8 Å². The van der Waals surface area contributed by atoms with Crippen LogP contribution in [0.1, 0.15) is 20.8 Å². The summed E-state index contributed by atoms with van der Waals surface area (Å²) in [5, 5.41) is 6.09. The fraction of sp³-hybridized carbons (Fsp3) is 0.100. The molecular weight excluding hydrogens is 511 g/mol. The van der Waals surface area contributed by atoms with Gasteiger partial charge in [-0.3, -0.25) is 20.2 Å². The lowest BCUT2D eigenvalue weighted by atomic mass is 10.2. The average Bonchev–Trinajstić information content (AvgIpc) is 3.38. The van der Waals surface area contributed by atoms with Gasteiger partial charge < -0.3 is 9.72 Å². The van der Waals surface area contributed by atoms with E-state index in [0.29, 0.717) is 11.0 Å². The van der Waals surface area contributed by atoms with E-state index < -0.39 is 33.8 Å². The number of fused-ring (bicyclic) bond motifs is 1. The minimum Gasteiger partial charge on any atom is -0.405 e. The van der Waals surface area contributed by atoms with Gasteiger partial charge in [-0.05, 0) is 30.3 Å². The second kappa shape index (κ2) is 8.99. The number of hydrogen-bond donors (Lipinski definition) is 3. The number of amides is 2. The van der Waals surface area contributed by atoms with Crippen LogP contribution in [0.3, 0.4) is 0 Å². The molecule has 3 N–H and O–H groups in total. The summed E-state index contributed by atoms with van der Waals surface area (Å²) in [5.41, 5.74) is 0.331. The number of rotatable bonds is 6. The van der Waals surface area contributed by atoms with Gasteiger partial charge >= 0.3 is 6.36 Å². The van der Waals surface area contributed by atoms with Crippen LogP contribution in [0.4, 0.5) is 24.3 Å². The number of carbonyl (C=O) groups excluding carboxylic acids is 2. The van der Waals surface area contributed by atoms with Crippen molar-refractivity contribution in [2.45, 2.75) is 11.3 Å². The minimum absolute atomic E-state index is 0.0347. The summed E-state index contributed by atoms with van der Waals surface area (Å²) < 4.78 is 65.0. The van der Waals surface area contributed by atoms with Gasteiger partial charge in [0.1, 0.15) is 11.4 Å². The number of para-hydroxylation sites is 1. The van der Waals surface area contributed by atoms with Crippen LogP contribution in [0.2, 0.25) is 0 Å². The Morgan fingerprint density at radius 1 is 1.06 bits per heavy atom. The summed E-state index contributed by atoms with van der Waals surface area (Å²) in [6.07, 6.45) is -3.92. The monoisotopic (exact) mass is 525 g/mol. The Morgan fingerprint density at radius 3 is 2.51 bits per heavy atom. The molecule has 0 saturated carbocycles. The Labute approximate surface area is 199 Å². The van der Waals surface area contributed by atoms with Gasteiger partial charge in [-0.25, -0.2) is 18.4 Å². The molecule has 2 aromatic carbocycles. The first-order valence-electron chi connectivity index (χ1n) is 9.52. The lowest BCUT2D eigenvalue weighted by Gasteiger charge is -2.12. The number of anilines is 2. The van der Waals surface area contributed by atoms with Crippen LogP contribution in [0.15, 0.2) is 52.7 Å². The summed E-state index contributed by atoms with van der Waals surface area (Å²) in [5.74, 6) is -2.25. The van der Waals surface area contributed by atoms with Crippen molar-refractivity contribution in [3.63, 3.8) is 0 Å². The quantitative estimate of drug-likeness (QED) is 0.347. The fourth-order valence-corrected chi connectivity index (χ4v) is 4.25. The van der Waals surface area contributed by atoms with Gasteiger partial charge in [-0.2, -0.15) is 0 Å². The lowest BCUT2D eigenvalue weighted by Crippen LogP contribution is -2.21. The number of alkyl halides is 3. The highest BCUT2D eigenvalue weighted by atomic mass is 32.2. The smallest absolute Gasteiger partial charge is 0.405 e. The van der Waals surface area contributed by atoms with Crippen LogP contribution in [0.5, 0.6) is 5.75 Å². The van der Waals surface area contributed by atoms with E-state index in [2.05, 4.69) is 30.3 Å². The van der Waals surface area contributed by atoms with E-state index in [1.165, 1.54) is 35.7 Å². The molecule has 0 spiro atoms. The predicted octanol–water partition coefficient (Wildman–Crippen LogP) is 3.83. The number of aromatic nitrogens is 3. The first kappa shape index (κ1) is 24.2. The molecule has 10 nitrogen and oxygen atoms in total.